The van der Waals surface area contributed by atoms with Crippen LogP contribution in [-0.2, 0) is 10.0 Å². The van der Waals surface area contributed by atoms with E-state index >= 15 is 0 Å². The van der Waals surface area contributed by atoms with Crippen molar-refractivity contribution in [2.75, 3.05) is 4.72 Å². The number of aryl methyl sites for hydroxylation is 1. The van der Waals surface area contributed by atoms with Crippen molar-refractivity contribution in [3.8, 4) is 11.4 Å². The zero-order valence-corrected chi connectivity index (χ0v) is 12.9. The highest BCUT2D eigenvalue weighted by Crippen LogP contribution is 2.28. The van der Waals surface area contributed by atoms with Crippen LogP contribution in [0.1, 0.15) is 5.89 Å². The third kappa shape index (κ3) is 2.85. The average Bonchev–Trinajstić information content (AvgIpc) is 3.10. The first-order valence-corrected chi connectivity index (χ1v) is 8.48. The Balaban J connectivity index is 1.90. The van der Waals surface area contributed by atoms with E-state index in [2.05, 4.69) is 14.9 Å². The maximum absolute atomic E-state index is 13.6. The molecule has 0 saturated heterocycles. The van der Waals surface area contributed by atoms with Crippen molar-refractivity contribution in [2.24, 2.45) is 0 Å². The second kappa shape index (κ2) is 5.50. The minimum Gasteiger partial charge on any atom is -0.339 e. The Morgan fingerprint density at radius 2 is 2.09 bits per heavy atom. The number of halogens is 1. The molecule has 3 rings (SSSR count). The molecule has 0 aliphatic rings. The molecule has 22 heavy (non-hydrogen) atoms. The van der Waals surface area contributed by atoms with Crippen LogP contribution >= 0.6 is 11.3 Å². The Bertz CT molecular complexity index is 918. The van der Waals surface area contributed by atoms with Crippen LogP contribution in [0, 0.1) is 12.7 Å². The third-order valence-electron chi connectivity index (χ3n) is 2.74. The molecule has 0 radical (unpaired) electrons. The standard InChI is InChI=1S/C13H10FN3O3S2/c1-8-15-13(16-20-8)9-6-12(21-7-9)22(18,19)17-11-5-3-2-4-10(11)14/h2-7,17H,1H3. The summed E-state index contributed by atoms with van der Waals surface area (Å²) in [7, 11) is -3.87. The molecule has 0 unspecified atom stereocenters. The van der Waals surface area contributed by atoms with E-state index < -0.39 is 15.8 Å². The first kappa shape index (κ1) is 14.7. The molecule has 9 heteroatoms. The van der Waals surface area contributed by atoms with E-state index in [4.69, 9.17) is 4.52 Å². The summed E-state index contributed by atoms with van der Waals surface area (Å²) in [5.41, 5.74) is 0.420. The lowest BCUT2D eigenvalue weighted by molar-refractivity contribution is 0.394. The number of para-hydroxylation sites is 1. The number of hydrogen-bond donors (Lipinski definition) is 1. The lowest BCUT2D eigenvalue weighted by Crippen LogP contribution is -2.12. The molecule has 2 heterocycles. The Labute approximate surface area is 129 Å². The molecule has 0 aliphatic heterocycles. The van der Waals surface area contributed by atoms with E-state index in [0.717, 1.165) is 11.3 Å². The predicted molar refractivity (Wildman–Crippen MR) is 79.6 cm³/mol. The molecule has 0 fully saturated rings. The zero-order valence-electron chi connectivity index (χ0n) is 11.3. The topological polar surface area (TPSA) is 85.1 Å². The minimum atomic E-state index is -3.87. The van der Waals surface area contributed by atoms with Crippen LogP contribution in [0.25, 0.3) is 11.4 Å². The fraction of sp³-hybridized carbons (Fsp3) is 0.0769. The SMILES string of the molecule is Cc1nc(-c2csc(S(=O)(=O)Nc3ccccc3F)c2)no1. The van der Waals surface area contributed by atoms with E-state index in [0.29, 0.717) is 17.3 Å². The van der Waals surface area contributed by atoms with E-state index in [-0.39, 0.29) is 9.90 Å². The van der Waals surface area contributed by atoms with Crippen molar-refractivity contribution in [3.05, 3.63) is 47.4 Å². The Hall–Kier alpha value is -2.26. The van der Waals surface area contributed by atoms with Crippen LogP contribution in [0.3, 0.4) is 0 Å². The van der Waals surface area contributed by atoms with E-state index in [1.54, 1.807) is 18.4 Å². The van der Waals surface area contributed by atoms with Crippen LogP contribution in [0.5, 0.6) is 0 Å². The Kier molecular flexibility index (Phi) is 3.67. The third-order valence-corrected chi connectivity index (χ3v) is 5.55. The van der Waals surface area contributed by atoms with Gasteiger partial charge in [0.15, 0.2) is 0 Å². The van der Waals surface area contributed by atoms with Crippen LogP contribution in [-0.4, -0.2) is 18.6 Å². The normalized spacial score (nSPS) is 11.5. The number of nitrogens with one attached hydrogen (secondary N) is 1. The lowest BCUT2D eigenvalue weighted by Gasteiger charge is -2.06. The predicted octanol–water partition coefficient (Wildman–Crippen LogP) is 3.05. The molecule has 0 atom stereocenters. The number of aromatic nitrogens is 2. The number of benzene rings is 1. The van der Waals surface area contributed by atoms with Crippen molar-refractivity contribution >= 4 is 27.0 Å². The number of thiophene rings is 1. The first-order valence-electron chi connectivity index (χ1n) is 6.12. The van der Waals surface area contributed by atoms with Crippen LogP contribution in [0.4, 0.5) is 10.1 Å². The summed E-state index contributed by atoms with van der Waals surface area (Å²) < 4.78 is 45.2. The molecule has 1 N–H and O–H groups in total. The molecule has 114 valence electrons. The highest BCUT2D eigenvalue weighted by molar-refractivity contribution is 7.94. The molecule has 0 aliphatic carbocycles. The van der Waals surface area contributed by atoms with Gasteiger partial charge in [-0.1, -0.05) is 17.3 Å². The van der Waals surface area contributed by atoms with Gasteiger partial charge in [0, 0.05) is 17.9 Å². The summed E-state index contributed by atoms with van der Waals surface area (Å²) in [6.45, 7) is 1.64. The van der Waals surface area contributed by atoms with Gasteiger partial charge in [0.2, 0.25) is 11.7 Å². The zero-order chi connectivity index (χ0) is 15.7. The van der Waals surface area contributed by atoms with Gasteiger partial charge in [0.05, 0.1) is 5.69 Å². The summed E-state index contributed by atoms with van der Waals surface area (Å²) in [5.74, 6) is 0.0489. The van der Waals surface area contributed by atoms with Crippen molar-refractivity contribution in [1.29, 1.82) is 0 Å². The molecule has 6 nitrogen and oxygen atoms in total. The highest BCUT2D eigenvalue weighted by Gasteiger charge is 2.20. The lowest BCUT2D eigenvalue weighted by atomic mass is 10.3. The highest BCUT2D eigenvalue weighted by atomic mass is 32.2. The quantitative estimate of drug-likeness (QED) is 0.789. The largest absolute Gasteiger partial charge is 0.339 e. The van der Waals surface area contributed by atoms with Crippen molar-refractivity contribution in [3.63, 3.8) is 0 Å². The number of anilines is 1. The molecular weight excluding hydrogens is 329 g/mol. The number of rotatable bonds is 4. The van der Waals surface area contributed by atoms with Crippen molar-refractivity contribution in [2.45, 2.75) is 11.1 Å². The Morgan fingerprint density at radius 3 is 2.77 bits per heavy atom. The minimum absolute atomic E-state index is 0.0354. The molecule has 3 aromatic rings. The van der Waals surface area contributed by atoms with Gasteiger partial charge in [-0.3, -0.25) is 4.72 Å². The number of sulfonamides is 1. The maximum atomic E-state index is 13.6. The molecule has 1 aromatic carbocycles. The fourth-order valence-corrected chi connectivity index (χ4v) is 3.96. The molecule has 0 saturated carbocycles. The summed E-state index contributed by atoms with van der Waals surface area (Å²) in [6.07, 6.45) is 0. The fourth-order valence-electron chi connectivity index (χ4n) is 1.73. The second-order valence-corrected chi connectivity index (χ2v) is 7.20. The summed E-state index contributed by atoms with van der Waals surface area (Å²) in [6, 6.07) is 6.97. The van der Waals surface area contributed by atoms with E-state index in [9.17, 15) is 12.8 Å². The molecule has 2 aromatic heterocycles. The van der Waals surface area contributed by atoms with Gasteiger partial charge >= 0.3 is 0 Å². The summed E-state index contributed by atoms with van der Waals surface area (Å²) >= 11 is 0.991. The molecular formula is C13H10FN3O3S2. The summed E-state index contributed by atoms with van der Waals surface area (Å²) in [4.78, 5) is 4.03. The van der Waals surface area contributed by atoms with Gasteiger partial charge in [-0.15, -0.1) is 11.3 Å². The van der Waals surface area contributed by atoms with Gasteiger partial charge in [-0.25, -0.2) is 12.8 Å². The van der Waals surface area contributed by atoms with Crippen molar-refractivity contribution in [1.82, 2.24) is 10.1 Å². The summed E-state index contributed by atoms with van der Waals surface area (Å²) in [5, 5.41) is 5.32. The van der Waals surface area contributed by atoms with Gasteiger partial charge in [0.1, 0.15) is 10.0 Å². The van der Waals surface area contributed by atoms with Crippen LogP contribution in [0.15, 0.2) is 44.4 Å². The van der Waals surface area contributed by atoms with E-state index in [1.165, 1.54) is 24.3 Å². The smallest absolute Gasteiger partial charge is 0.271 e. The number of hydrogen-bond acceptors (Lipinski definition) is 6. The monoisotopic (exact) mass is 339 g/mol. The Morgan fingerprint density at radius 1 is 1.32 bits per heavy atom. The van der Waals surface area contributed by atoms with Gasteiger partial charge in [-0.05, 0) is 18.2 Å². The molecule has 0 amide bonds. The maximum Gasteiger partial charge on any atom is 0.271 e. The molecule has 0 bridgehead atoms. The van der Waals surface area contributed by atoms with Crippen LogP contribution in [0.2, 0.25) is 0 Å². The van der Waals surface area contributed by atoms with Gasteiger partial charge in [-0.2, -0.15) is 4.98 Å². The van der Waals surface area contributed by atoms with Crippen LogP contribution < -0.4 is 4.72 Å². The average molecular weight is 339 g/mol. The van der Waals surface area contributed by atoms with Gasteiger partial charge < -0.3 is 4.52 Å². The molecule has 0 spiro atoms. The number of nitrogens with zero attached hydrogens (tertiary/aromatic N) is 2. The van der Waals surface area contributed by atoms with Gasteiger partial charge in [0.25, 0.3) is 10.0 Å². The van der Waals surface area contributed by atoms with Crippen molar-refractivity contribution < 1.29 is 17.3 Å². The first-order chi connectivity index (χ1) is 10.5. The second-order valence-electron chi connectivity index (χ2n) is 4.38. The van der Waals surface area contributed by atoms with E-state index in [1.807, 2.05) is 0 Å².